The average molecular weight is 215 g/mol. The predicted molar refractivity (Wildman–Crippen MR) is 45.4 cm³/mol. The van der Waals surface area contributed by atoms with Crippen molar-refractivity contribution in [2.75, 3.05) is 0 Å². The molecule has 0 radical (unpaired) electrons. The second kappa shape index (κ2) is 2.30. The Balaban J connectivity index is 2.73. The Hall–Kier alpha value is -0.900. The molecular formula is C7H6BrN3. The van der Waals surface area contributed by atoms with Crippen molar-refractivity contribution in [3.63, 3.8) is 0 Å². The number of fused-ring (bicyclic) bond motifs is 1. The summed E-state index contributed by atoms with van der Waals surface area (Å²) in [4.78, 5) is 0. The van der Waals surface area contributed by atoms with Crippen LogP contribution >= 0.6 is 15.9 Å². The van der Waals surface area contributed by atoms with Crippen molar-refractivity contribution < 1.29 is 4.11 Å². The van der Waals surface area contributed by atoms with E-state index in [0.29, 0.717) is 5.52 Å². The Morgan fingerprint density at radius 3 is 3.45 bits per heavy atom. The van der Waals surface area contributed by atoms with Crippen LogP contribution in [0.5, 0.6) is 0 Å². The third-order valence-corrected chi connectivity index (χ3v) is 1.87. The van der Waals surface area contributed by atoms with E-state index in [2.05, 4.69) is 26.2 Å². The summed E-state index contributed by atoms with van der Waals surface area (Å²) in [6, 6.07) is 3.45. The van der Waals surface area contributed by atoms with Crippen LogP contribution in [0.4, 0.5) is 0 Å². The normalized spacial score (nSPS) is 15.9. The molecule has 0 saturated carbocycles. The Kier molecular flexibility index (Phi) is 0.881. The second-order valence-corrected chi connectivity index (χ2v) is 3.03. The van der Waals surface area contributed by atoms with E-state index in [4.69, 9.17) is 4.11 Å². The first-order valence-electron chi connectivity index (χ1n) is 4.49. The molecule has 0 aromatic carbocycles. The number of hydrogen-bond donors (Lipinski definition) is 0. The van der Waals surface area contributed by atoms with Crippen LogP contribution in [0.25, 0.3) is 5.52 Å². The monoisotopic (exact) mass is 214 g/mol. The van der Waals surface area contributed by atoms with Crippen LogP contribution in [-0.4, -0.2) is 14.8 Å². The summed E-state index contributed by atoms with van der Waals surface area (Å²) in [5.74, 6) is 0. The molecular weight excluding hydrogens is 206 g/mol. The molecule has 0 unspecified atom stereocenters. The molecule has 4 heteroatoms. The smallest absolute Gasteiger partial charge is 0.0905 e. The fraction of sp³-hybridized carbons (Fsp3) is 0.143. The fourth-order valence-corrected chi connectivity index (χ4v) is 1.20. The summed E-state index contributed by atoms with van der Waals surface area (Å²) >= 11 is 3.27. The summed E-state index contributed by atoms with van der Waals surface area (Å²) in [7, 11) is 0. The minimum atomic E-state index is -2.22. The van der Waals surface area contributed by atoms with Gasteiger partial charge in [-0.15, -0.1) is 5.10 Å². The van der Waals surface area contributed by atoms with Gasteiger partial charge in [0, 0.05) is 14.8 Å². The van der Waals surface area contributed by atoms with Crippen molar-refractivity contribution in [3.05, 3.63) is 28.5 Å². The van der Waals surface area contributed by atoms with E-state index in [1.54, 1.807) is 18.3 Å². The van der Waals surface area contributed by atoms with E-state index >= 15 is 0 Å². The van der Waals surface area contributed by atoms with Crippen molar-refractivity contribution in [2.24, 2.45) is 0 Å². The summed E-state index contributed by atoms with van der Waals surface area (Å²) in [6.45, 7) is -2.22. The lowest BCUT2D eigenvalue weighted by Crippen LogP contribution is -1.84. The molecule has 0 N–H and O–H groups in total. The highest BCUT2D eigenvalue weighted by atomic mass is 79.9. The first-order valence-corrected chi connectivity index (χ1v) is 3.79. The Morgan fingerprint density at radius 1 is 1.73 bits per heavy atom. The van der Waals surface area contributed by atoms with E-state index in [-0.39, 0.29) is 5.69 Å². The number of hydrogen-bond acceptors (Lipinski definition) is 2. The van der Waals surface area contributed by atoms with Gasteiger partial charge in [0.15, 0.2) is 0 Å². The van der Waals surface area contributed by atoms with Crippen LogP contribution < -0.4 is 0 Å². The predicted octanol–water partition coefficient (Wildman–Crippen LogP) is 1.80. The van der Waals surface area contributed by atoms with E-state index in [1.165, 1.54) is 4.52 Å². The van der Waals surface area contributed by atoms with Crippen molar-refractivity contribution in [2.45, 2.75) is 6.85 Å². The van der Waals surface area contributed by atoms with Gasteiger partial charge in [0.05, 0.1) is 11.2 Å². The largest absolute Gasteiger partial charge is 0.220 e. The fourth-order valence-electron chi connectivity index (χ4n) is 0.866. The first-order chi connectivity index (χ1) is 6.48. The summed E-state index contributed by atoms with van der Waals surface area (Å²) in [5.41, 5.74) is 0.526. The highest BCUT2D eigenvalue weighted by molar-refractivity contribution is 9.10. The standard InChI is InChI=1S/C7H6BrN3/c1-5-7-4-6(8)2-3-11(7)10-9-5/h2-4H,1H3/i1D3. The molecule has 2 rings (SSSR count). The number of halogens is 1. The summed E-state index contributed by atoms with van der Waals surface area (Å²) < 4.78 is 24.0. The van der Waals surface area contributed by atoms with Crippen molar-refractivity contribution in [1.82, 2.24) is 14.8 Å². The Labute approximate surface area is 76.4 Å². The highest BCUT2D eigenvalue weighted by Crippen LogP contribution is 2.13. The number of nitrogens with zero attached hydrogens (tertiary/aromatic N) is 3. The van der Waals surface area contributed by atoms with E-state index in [1.807, 2.05) is 0 Å². The molecule has 0 fully saturated rings. The minimum Gasteiger partial charge on any atom is -0.220 e. The summed E-state index contributed by atoms with van der Waals surface area (Å²) in [6.07, 6.45) is 1.65. The number of pyridine rings is 1. The van der Waals surface area contributed by atoms with Crippen LogP contribution in [0.1, 0.15) is 9.81 Å². The maximum absolute atomic E-state index is 7.24. The second-order valence-electron chi connectivity index (χ2n) is 2.11. The van der Waals surface area contributed by atoms with Gasteiger partial charge in [-0.1, -0.05) is 21.1 Å². The van der Waals surface area contributed by atoms with Crippen LogP contribution in [0, 0.1) is 6.85 Å². The molecule has 0 bridgehead atoms. The van der Waals surface area contributed by atoms with Crippen LogP contribution in [0.3, 0.4) is 0 Å². The van der Waals surface area contributed by atoms with Crippen molar-refractivity contribution in [3.8, 4) is 0 Å². The third-order valence-electron chi connectivity index (χ3n) is 1.38. The van der Waals surface area contributed by atoms with Gasteiger partial charge >= 0.3 is 0 Å². The molecule has 3 nitrogen and oxygen atoms in total. The lowest BCUT2D eigenvalue weighted by molar-refractivity contribution is 0.848. The molecule has 0 aliphatic carbocycles. The molecule has 56 valence electrons. The van der Waals surface area contributed by atoms with Crippen molar-refractivity contribution in [1.29, 1.82) is 0 Å². The minimum absolute atomic E-state index is 0.0267. The highest BCUT2D eigenvalue weighted by Gasteiger charge is 1.99. The number of rotatable bonds is 0. The van der Waals surface area contributed by atoms with E-state index in [0.717, 1.165) is 4.47 Å². The molecule has 2 aromatic heterocycles. The quantitative estimate of drug-likeness (QED) is 0.670. The number of aryl methyl sites for hydroxylation is 1. The molecule has 0 saturated heterocycles. The van der Waals surface area contributed by atoms with Crippen LogP contribution in [-0.2, 0) is 0 Å². The molecule has 0 amide bonds. The zero-order chi connectivity index (χ0) is 10.3. The maximum Gasteiger partial charge on any atom is 0.0905 e. The van der Waals surface area contributed by atoms with Crippen molar-refractivity contribution >= 4 is 21.4 Å². The molecule has 0 spiro atoms. The van der Waals surface area contributed by atoms with Gasteiger partial charge in [0.2, 0.25) is 0 Å². The van der Waals surface area contributed by atoms with E-state index in [9.17, 15) is 0 Å². The topological polar surface area (TPSA) is 30.2 Å². The van der Waals surface area contributed by atoms with Gasteiger partial charge in [0.1, 0.15) is 0 Å². The third kappa shape index (κ3) is 1.03. The van der Waals surface area contributed by atoms with Gasteiger partial charge in [-0.05, 0) is 19.0 Å². The summed E-state index contributed by atoms with van der Waals surface area (Å²) in [5, 5.41) is 7.35. The lowest BCUT2D eigenvalue weighted by Gasteiger charge is -1.91. The molecule has 0 aliphatic rings. The van der Waals surface area contributed by atoms with Crippen LogP contribution in [0.2, 0.25) is 0 Å². The Bertz CT molecular complexity index is 476. The molecule has 2 aromatic rings. The number of aromatic nitrogens is 3. The van der Waals surface area contributed by atoms with Gasteiger partial charge in [-0.2, -0.15) is 0 Å². The van der Waals surface area contributed by atoms with Gasteiger partial charge in [-0.3, -0.25) is 0 Å². The molecule has 0 aliphatic heterocycles. The maximum atomic E-state index is 7.24. The lowest BCUT2D eigenvalue weighted by atomic mass is 10.3. The Morgan fingerprint density at radius 2 is 2.64 bits per heavy atom. The van der Waals surface area contributed by atoms with Gasteiger partial charge in [-0.25, -0.2) is 4.52 Å². The van der Waals surface area contributed by atoms with Gasteiger partial charge < -0.3 is 0 Å². The molecule has 2 heterocycles. The average Bonchev–Trinajstić information content (AvgIpc) is 2.45. The van der Waals surface area contributed by atoms with Crippen LogP contribution in [0.15, 0.2) is 22.8 Å². The molecule has 11 heavy (non-hydrogen) atoms. The van der Waals surface area contributed by atoms with E-state index < -0.39 is 6.85 Å². The zero-order valence-electron chi connectivity index (χ0n) is 8.45. The van der Waals surface area contributed by atoms with Gasteiger partial charge in [0.25, 0.3) is 0 Å². The SMILES string of the molecule is [2H]C([2H])([2H])c1nnn2ccc(Br)cc12. The zero-order valence-corrected chi connectivity index (χ0v) is 7.04. The first kappa shape index (κ1) is 4.21. The molecule has 0 atom stereocenters.